The highest BCUT2D eigenvalue weighted by Crippen LogP contribution is 2.18. The van der Waals surface area contributed by atoms with Gasteiger partial charge in [-0.1, -0.05) is 25.1 Å². The summed E-state index contributed by atoms with van der Waals surface area (Å²) in [6.45, 7) is 3.54. The molecule has 0 aliphatic rings. The van der Waals surface area contributed by atoms with Gasteiger partial charge in [0.25, 0.3) is 0 Å². The maximum absolute atomic E-state index is 11.9. The summed E-state index contributed by atoms with van der Waals surface area (Å²) in [5.74, 6) is 0. The van der Waals surface area contributed by atoms with Crippen molar-refractivity contribution < 1.29 is 8.42 Å². The third kappa shape index (κ3) is 1.96. The average molecular weight is 213 g/mol. The Hall–Kier alpha value is -0.870. The van der Waals surface area contributed by atoms with Crippen LogP contribution in [0.15, 0.2) is 29.2 Å². The standard InChI is InChI=1S/C10H15NO2S/c1-3-10(11)14(12,13)9-7-5-4-6-8(9)2/h4-7,10H,3,11H2,1-2H3. The zero-order chi connectivity index (χ0) is 10.8. The Balaban J connectivity index is 3.24. The lowest BCUT2D eigenvalue weighted by molar-refractivity contribution is 0.577. The molecular formula is C10H15NO2S. The monoisotopic (exact) mass is 213 g/mol. The predicted octanol–water partition coefficient (Wildman–Crippen LogP) is 1.46. The second kappa shape index (κ2) is 4.11. The Bertz CT molecular complexity index is 412. The molecule has 0 amide bonds. The highest BCUT2D eigenvalue weighted by molar-refractivity contribution is 7.92. The fourth-order valence-electron chi connectivity index (χ4n) is 1.26. The van der Waals surface area contributed by atoms with Gasteiger partial charge >= 0.3 is 0 Å². The van der Waals surface area contributed by atoms with E-state index in [1.54, 1.807) is 32.0 Å². The second-order valence-corrected chi connectivity index (χ2v) is 5.39. The Morgan fingerprint density at radius 1 is 1.36 bits per heavy atom. The molecule has 2 N–H and O–H groups in total. The van der Waals surface area contributed by atoms with Gasteiger partial charge in [0.15, 0.2) is 9.84 Å². The molecule has 1 aromatic rings. The first-order valence-corrected chi connectivity index (χ1v) is 6.10. The van der Waals surface area contributed by atoms with Crippen LogP contribution in [0, 0.1) is 6.92 Å². The van der Waals surface area contributed by atoms with Crippen LogP contribution in [0.5, 0.6) is 0 Å². The third-order valence-electron chi connectivity index (χ3n) is 2.20. The van der Waals surface area contributed by atoms with Gasteiger partial charge in [-0.25, -0.2) is 8.42 Å². The van der Waals surface area contributed by atoms with Crippen LogP contribution >= 0.6 is 0 Å². The van der Waals surface area contributed by atoms with E-state index in [1.165, 1.54) is 0 Å². The summed E-state index contributed by atoms with van der Waals surface area (Å²) in [6.07, 6.45) is 0.427. The van der Waals surface area contributed by atoms with Crippen molar-refractivity contribution in [3.63, 3.8) is 0 Å². The molecule has 0 saturated carbocycles. The van der Waals surface area contributed by atoms with Crippen LogP contribution in [0.1, 0.15) is 18.9 Å². The normalized spacial score (nSPS) is 13.9. The van der Waals surface area contributed by atoms with Crippen LogP contribution in [-0.2, 0) is 9.84 Å². The van der Waals surface area contributed by atoms with Gasteiger partial charge in [0.1, 0.15) is 5.37 Å². The SMILES string of the molecule is CCC(N)S(=O)(=O)c1ccccc1C. The van der Waals surface area contributed by atoms with Crippen molar-refractivity contribution >= 4 is 9.84 Å². The molecule has 0 bridgehead atoms. The Labute approximate surface area is 84.9 Å². The van der Waals surface area contributed by atoms with Crippen LogP contribution in [0.3, 0.4) is 0 Å². The van der Waals surface area contributed by atoms with Gasteiger partial charge in [-0.2, -0.15) is 0 Å². The third-order valence-corrected chi connectivity index (χ3v) is 4.40. The smallest absolute Gasteiger partial charge is 0.194 e. The summed E-state index contributed by atoms with van der Waals surface area (Å²) < 4.78 is 23.7. The molecule has 14 heavy (non-hydrogen) atoms. The van der Waals surface area contributed by atoms with Gasteiger partial charge < -0.3 is 5.73 Å². The number of aryl methyl sites for hydroxylation is 1. The van der Waals surface area contributed by atoms with Crippen LogP contribution in [0.4, 0.5) is 0 Å². The summed E-state index contributed by atoms with van der Waals surface area (Å²) in [5, 5.41) is -0.802. The summed E-state index contributed by atoms with van der Waals surface area (Å²) in [4.78, 5) is 0.342. The van der Waals surface area contributed by atoms with Crippen LogP contribution in [-0.4, -0.2) is 13.8 Å². The first-order valence-electron chi connectivity index (χ1n) is 4.55. The van der Waals surface area contributed by atoms with Crippen molar-refractivity contribution in [2.75, 3.05) is 0 Å². The highest BCUT2D eigenvalue weighted by Gasteiger charge is 2.23. The number of sulfone groups is 1. The van der Waals surface area contributed by atoms with E-state index in [1.807, 2.05) is 6.07 Å². The molecule has 1 unspecified atom stereocenters. The van der Waals surface area contributed by atoms with E-state index in [0.717, 1.165) is 5.56 Å². The van der Waals surface area contributed by atoms with Crippen LogP contribution in [0.25, 0.3) is 0 Å². The fraction of sp³-hybridized carbons (Fsp3) is 0.400. The van der Waals surface area contributed by atoms with E-state index in [9.17, 15) is 8.42 Å². The molecule has 0 aliphatic heterocycles. The minimum atomic E-state index is -3.34. The number of nitrogens with two attached hydrogens (primary N) is 1. The van der Waals surface area contributed by atoms with E-state index in [-0.39, 0.29) is 0 Å². The molecule has 0 heterocycles. The van der Waals surface area contributed by atoms with Gasteiger partial charge in [-0.3, -0.25) is 0 Å². The van der Waals surface area contributed by atoms with Crippen LogP contribution in [0.2, 0.25) is 0 Å². The van der Waals surface area contributed by atoms with Crippen molar-refractivity contribution in [2.45, 2.75) is 30.5 Å². The van der Waals surface area contributed by atoms with E-state index >= 15 is 0 Å². The quantitative estimate of drug-likeness (QED) is 0.827. The van der Waals surface area contributed by atoms with Crippen molar-refractivity contribution in [3.05, 3.63) is 29.8 Å². The maximum Gasteiger partial charge on any atom is 0.194 e. The lowest BCUT2D eigenvalue weighted by Gasteiger charge is -2.12. The van der Waals surface area contributed by atoms with Gasteiger partial charge in [-0.15, -0.1) is 0 Å². The lowest BCUT2D eigenvalue weighted by atomic mass is 10.2. The average Bonchev–Trinajstić information content (AvgIpc) is 2.17. The lowest BCUT2D eigenvalue weighted by Crippen LogP contribution is -2.30. The number of benzene rings is 1. The van der Waals surface area contributed by atoms with Gasteiger partial charge in [0.05, 0.1) is 4.90 Å². The molecule has 78 valence electrons. The molecule has 0 fully saturated rings. The van der Waals surface area contributed by atoms with Crippen molar-refractivity contribution in [1.82, 2.24) is 0 Å². The van der Waals surface area contributed by atoms with Crippen molar-refractivity contribution in [3.8, 4) is 0 Å². The number of rotatable bonds is 3. The molecule has 0 spiro atoms. The van der Waals surface area contributed by atoms with E-state index in [0.29, 0.717) is 11.3 Å². The minimum Gasteiger partial charge on any atom is -0.315 e. The van der Waals surface area contributed by atoms with Gasteiger partial charge in [0.2, 0.25) is 0 Å². The molecule has 1 aromatic carbocycles. The van der Waals surface area contributed by atoms with Gasteiger partial charge in [0, 0.05) is 0 Å². The molecule has 0 aliphatic carbocycles. The molecule has 4 heteroatoms. The Morgan fingerprint density at radius 3 is 2.43 bits per heavy atom. The Morgan fingerprint density at radius 2 is 1.93 bits per heavy atom. The maximum atomic E-state index is 11.9. The first kappa shape index (κ1) is 11.2. The topological polar surface area (TPSA) is 60.2 Å². The summed E-state index contributed by atoms with van der Waals surface area (Å²) in [6, 6.07) is 6.89. The molecule has 3 nitrogen and oxygen atoms in total. The van der Waals surface area contributed by atoms with Gasteiger partial charge in [-0.05, 0) is 25.0 Å². The molecule has 0 aromatic heterocycles. The van der Waals surface area contributed by atoms with Crippen molar-refractivity contribution in [2.24, 2.45) is 5.73 Å². The molecule has 0 saturated heterocycles. The molecule has 1 rings (SSSR count). The van der Waals surface area contributed by atoms with E-state index in [4.69, 9.17) is 5.73 Å². The van der Waals surface area contributed by atoms with E-state index in [2.05, 4.69) is 0 Å². The number of hydrogen-bond donors (Lipinski definition) is 1. The minimum absolute atomic E-state index is 0.342. The summed E-state index contributed by atoms with van der Waals surface area (Å²) in [7, 11) is -3.34. The fourth-order valence-corrected chi connectivity index (χ4v) is 2.81. The molecular weight excluding hydrogens is 198 g/mol. The van der Waals surface area contributed by atoms with Crippen LogP contribution < -0.4 is 5.73 Å². The largest absolute Gasteiger partial charge is 0.315 e. The summed E-state index contributed by atoms with van der Waals surface area (Å²) >= 11 is 0. The van der Waals surface area contributed by atoms with Crippen molar-refractivity contribution in [1.29, 1.82) is 0 Å². The predicted molar refractivity (Wildman–Crippen MR) is 56.6 cm³/mol. The highest BCUT2D eigenvalue weighted by atomic mass is 32.2. The number of hydrogen-bond acceptors (Lipinski definition) is 3. The zero-order valence-electron chi connectivity index (χ0n) is 8.40. The molecule has 0 radical (unpaired) electrons. The molecule has 1 atom stereocenters. The van der Waals surface area contributed by atoms with E-state index < -0.39 is 15.2 Å². The Kier molecular flexibility index (Phi) is 3.29. The first-order chi connectivity index (χ1) is 6.50. The zero-order valence-corrected chi connectivity index (χ0v) is 9.21. The summed E-state index contributed by atoms with van der Waals surface area (Å²) in [5.41, 5.74) is 6.31. The second-order valence-electron chi connectivity index (χ2n) is 3.26.